The first-order chi connectivity index (χ1) is 18.7. The zero-order chi connectivity index (χ0) is 25.7. The first-order valence-corrected chi connectivity index (χ1v) is 17.6. The van der Waals surface area contributed by atoms with Crippen LogP contribution in [-0.2, 0) is 0 Å². The van der Waals surface area contributed by atoms with Crippen molar-refractivity contribution in [3.8, 4) is 0 Å². The van der Waals surface area contributed by atoms with Crippen LogP contribution in [0.3, 0.4) is 0 Å². The molecule has 38 heavy (non-hydrogen) atoms. The van der Waals surface area contributed by atoms with E-state index >= 15 is 0 Å². The lowest BCUT2D eigenvalue weighted by atomic mass is 9.91. The van der Waals surface area contributed by atoms with Gasteiger partial charge >= 0.3 is 0 Å². The van der Waals surface area contributed by atoms with Crippen molar-refractivity contribution in [3.05, 3.63) is 142 Å². The molecule has 1 aliphatic rings. The van der Waals surface area contributed by atoms with E-state index < -0.39 is 8.07 Å². The summed E-state index contributed by atoms with van der Waals surface area (Å²) in [7, 11) is -2.14. The summed E-state index contributed by atoms with van der Waals surface area (Å²) in [4.78, 5) is 2.87. The second-order valence-corrected chi connectivity index (χ2v) is 16.8. The fraction of sp³-hybridized carbons (Fsp3) is 0.0857. The van der Waals surface area contributed by atoms with Gasteiger partial charge in [0.15, 0.2) is 0 Å². The summed E-state index contributed by atoms with van der Waals surface area (Å²) in [5.41, 5.74) is 5.52. The number of allylic oxidation sites excluding steroid dienone is 2. The Morgan fingerprint density at radius 2 is 0.921 bits per heavy atom. The lowest BCUT2D eigenvalue weighted by Gasteiger charge is -2.28. The van der Waals surface area contributed by atoms with E-state index in [9.17, 15) is 0 Å². The van der Waals surface area contributed by atoms with E-state index in [-0.39, 0.29) is 0 Å². The second kappa shape index (κ2) is 9.35. The van der Waals surface area contributed by atoms with Crippen LogP contribution in [0.15, 0.2) is 121 Å². The summed E-state index contributed by atoms with van der Waals surface area (Å²) >= 11 is 3.93. The fourth-order valence-electron chi connectivity index (χ4n) is 6.07. The normalized spacial score (nSPS) is 15.2. The van der Waals surface area contributed by atoms with Gasteiger partial charge in [-0.3, -0.25) is 0 Å². The molecule has 0 spiro atoms. The smallest absolute Gasteiger partial charge is 0.120 e. The van der Waals surface area contributed by atoms with Gasteiger partial charge in [0, 0.05) is 19.2 Å². The predicted molar refractivity (Wildman–Crippen MR) is 172 cm³/mol. The third-order valence-corrected chi connectivity index (χ3v) is 15.3. The quantitative estimate of drug-likeness (QED) is 0.191. The van der Waals surface area contributed by atoms with Crippen molar-refractivity contribution in [1.29, 1.82) is 0 Å². The Morgan fingerprint density at radius 3 is 1.32 bits per heavy atom. The molecule has 0 unspecified atom stereocenters. The lowest BCUT2D eigenvalue weighted by Crippen LogP contribution is -2.31. The Hall–Kier alpha value is -3.50. The van der Waals surface area contributed by atoms with Crippen molar-refractivity contribution < 1.29 is 0 Å². The van der Waals surface area contributed by atoms with Crippen molar-refractivity contribution in [2.24, 2.45) is 0 Å². The highest BCUT2D eigenvalue weighted by molar-refractivity contribution is 7.27. The number of hydrogen-bond donors (Lipinski definition) is 0. The molecule has 1 aliphatic heterocycles. The highest BCUT2D eigenvalue weighted by Crippen LogP contribution is 2.59. The molecule has 0 saturated heterocycles. The summed E-state index contributed by atoms with van der Waals surface area (Å²) < 4.78 is 2.73. The lowest BCUT2D eigenvalue weighted by molar-refractivity contribution is 1.40. The number of benzene rings is 4. The third-order valence-electron chi connectivity index (χ3n) is 8.03. The van der Waals surface area contributed by atoms with Gasteiger partial charge in [-0.25, -0.2) is 0 Å². The Kier molecular flexibility index (Phi) is 5.81. The highest BCUT2D eigenvalue weighted by atomic mass is 32.1. The zero-order valence-corrected chi connectivity index (χ0v) is 24.2. The summed E-state index contributed by atoms with van der Waals surface area (Å²) in [6.45, 7) is 5.04. The first kappa shape index (κ1) is 23.6. The van der Waals surface area contributed by atoms with Crippen LogP contribution in [0.4, 0.5) is 0 Å². The van der Waals surface area contributed by atoms with E-state index in [2.05, 4.69) is 135 Å². The van der Waals surface area contributed by atoms with Crippen LogP contribution in [0.2, 0.25) is 12.6 Å². The van der Waals surface area contributed by atoms with Crippen molar-refractivity contribution in [3.63, 3.8) is 0 Å². The van der Waals surface area contributed by atoms with Crippen LogP contribution in [-0.4, -0.2) is 8.07 Å². The maximum atomic E-state index is 2.62. The molecule has 3 heteroatoms. The predicted octanol–water partition coefficient (Wildman–Crippen LogP) is 10.8. The summed E-state index contributed by atoms with van der Waals surface area (Å²) in [6, 6.07) is 46.0. The van der Waals surface area contributed by atoms with Gasteiger partial charge in [-0.05, 0) is 67.7 Å². The molecule has 6 aromatic rings. The van der Waals surface area contributed by atoms with Gasteiger partial charge in [0.05, 0.1) is 0 Å². The Balaban J connectivity index is 1.62. The van der Waals surface area contributed by atoms with E-state index in [4.69, 9.17) is 0 Å². The van der Waals surface area contributed by atoms with Crippen molar-refractivity contribution in [2.75, 3.05) is 0 Å². The average molecular weight is 541 g/mol. The fourth-order valence-corrected chi connectivity index (χ4v) is 13.6. The van der Waals surface area contributed by atoms with Crippen LogP contribution < -0.4 is 0 Å². The van der Waals surface area contributed by atoms with Crippen molar-refractivity contribution in [2.45, 2.75) is 19.5 Å². The number of fused-ring (bicyclic) bond motifs is 2. The van der Waals surface area contributed by atoms with Crippen LogP contribution in [0.5, 0.6) is 0 Å². The summed E-state index contributed by atoms with van der Waals surface area (Å²) in [6.07, 6.45) is 0. The van der Waals surface area contributed by atoms with Gasteiger partial charge in [-0.15, -0.1) is 22.7 Å². The van der Waals surface area contributed by atoms with E-state index in [1.165, 1.54) is 52.2 Å². The van der Waals surface area contributed by atoms with Gasteiger partial charge in [-0.1, -0.05) is 117 Å². The molecule has 3 heterocycles. The molecule has 184 valence electrons. The Bertz CT molecular complexity index is 1650. The molecule has 0 saturated carbocycles. The molecular weight excluding hydrogens is 513 g/mol. The summed E-state index contributed by atoms with van der Waals surface area (Å²) in [5.74, 6) is 0. The van der Waals surface area contributed by atoms with Crippen LogP contribution in [0, 0.1) is 0 Å². The van der Waals surface area contributed by atoms with Crippen LogP contribution in [0.25, 0.3) is 41.7 Å². The van der Waals surface area contributed by atoms with E-state index in [0.29, 0.717) is 0 Å². The van der Waals surface area contributed by atoms with Gasteiger partial charge in [0.25, 0.3) is 0 Å². The van der Waals surface area contributed by atoms with Gasteiger partial charge in [0.1, 0.15) is 8.07 Å². The largest absolute Gasteiger partial charge is 0.136 e. The Labute approximate surface area is 233 Å². The van der Waals surface area contributed by atoms with E-state index in [1.54, 1.807) is 10.4 Å². The molecule has 0 nitrogen and oxygen atoms in total. The highest BCUT2D eigenvalue weighted by Gasteiger charge is 2.47. The standard InChI is InChI=1S/C35H28S2Si/c1-3-38(2)34(30-22-26-18-10-12-20-28(26)36-30)32(24-14-6-4-7-15-24)33(25-16-8-5-9-17-25)35(38)31-23-27-19-11-13-21-29(27)37-31/h4-23H,3H2,1-2H3. The van der Waals surface area contributed by atoms with Crippen LogP contribution >= 0.6 is 22.7 Å². The third kappa shape index (κ3) is 3.69. The monoisotopic (exact) mass is 540 g/mol. The molecule has 2 aromatic heterocycles. The Morgan fingerprint density at radius 1 is 0.526 bits per heavy atom. The zero-order valence-electron chi connectivity index (χ0n) is 21.6. The van der Waals surface area contributed by atoms with Gasteiger partial charge in [0.2, 0.25) is 0 Å². The maximum Gasteiger partial charge on any atom is 0.120 e. The first-order valence-electron chi connectivity index (χ1n) is 13.3. The van der Waals surface area contributed by atoms with Gasteiger partial charge in [-0.2, -0.15) is 0 Å². The minimum atomic E-state index is -2.14. The van der Waals surface area contributed by atoms with Crippen LogP contribution in [0.1, 0.15) is 27.8 Å². The molecule has 0 aliphatic carbocycles. The summed E-state index contributed by atoms with van der Waals surface area (Å²) in [5, 5.41) is 5.88. The average Bonchev–Trinajstić information content (AvgIpc) is 3.65. The number of hydrogen-bond acceptors (Lipinski definition) is 2. The number of rotatable bonds is 5. The second-order valence-electron chi connectivity index (χ2n) is 10.2. The van der Waals surface area contributed by atoms with Gasteiger partial charge < -0.3 is 0 Å². The molecule has 4 aromatic carbocycles. The molecule has 0 amide bonds. The molecule has 0 bridgehead atoms. The minimum Gasteiger partial charge on any atom is -0.136 e. The molecule has 0 fully saturated rings. The minimum absolute atomic E-state index is 1.16. The van der Waals surface area contributed by atoms with Crippen molar-refractivity contribution in [1.82, 2.24) is 0 Å². The molecule has 7 rings (SSSR count). The van der Waals surface area contributed by atoms with Crippen molar-refractivity contribution >= 4 is 72.5 Å². The molecule has 0 radical (unpaired) electrons. The molecule has 0 atom stereocenters. The maximum absolute atomic E-state index is 2.62. The SMILES string of the molecule is CC[Si]1(C)C(c2cc3ccccc3s2)=C(c2ccccc2)C(c2ccccc2)=C1c1cc2ccccc2s1. The van der Waals surface area contributed by atoms with E-state index in [0.717, 1.165) is 6.04 Å². The molecule has 0 N–H and O–H groups in total. The molecular formula is C35H28S2Si. The topological polar surface area (TPSA) is 0 Å². The van der Waals surface area contributed by atoms with E-state index in [1.807, 2.05) is 22.7 Å². The number of thiophene rings is 2.